The SMILES string of the molecule is Nc1ccc2c3c1SC(C(=O)Cl)C3C(N)C(=O)C2(N)c1ccc(Oc2ccccc2)cc1. The zero-order valence-corrected chi connectivity index (χ0v) is 18.4. The third kappa shape index (κ3) is 3.04. The summed E-state index contributed by atoms with van der Waals surface area (Å²) in [6, 6.07) is 18.9. The molecule has 3 aromatic rings. The first-order valence-electron chi connectivity index (χ1n) is 10.0. The highest BCUT2D eigenvalue weighted by Gasteiger charge is 2.56. The number of carbonyl (C=O) groups excluding carboxylic acids is 2. The molecule has 0 fully saturated rings. The minimum Gasteiger partial charge on any atom is -0.457 e. The lowest BCUT2D eigenvalue weighted by Crippen LogP contribution is -2.59. The molecule has 0 spiro atoms. The summed E-state index contributed by atoms with van der Waals surface area (Å²) in [4.78, 5) is 26.4. The number of para-hydroxylation sites is 1. The van der Waals surface area contributed by atoms with Crippen molar-refractivity contribution in [3.63, 3.8) is 0 Å². The number of hydrogen-bond donors (Lipinski definition) is 3. The van der Waals surface area contributed by atoms with Gasteiger partial charge in [-0.1, -0.05) is 36.4 Å². The van der Waals surface area contributed by atoms with Gasteiger partial charge in [0.2, 0.25) is 5.24 Å². The van der Waals surface area contributed by atoms with E-state index in [1.807, 2.05) is 30.3 Å². The van der Waals surface area contributed by atoms with Gasteiger partial charge >= 0.3 is 0 Å². The molecule has 1 aliphatic heterocycles. The Balaban J connectivity index is 1.59. The maximum Gasteiger partial charge on any atom is 0.235 e. The normalized spacial score (nSPS) is 26.0. The molecule has 8 heteroatoms. The Kier molecular flexibility index (Phi) is 5.02. The zero-order valence-electron chi connectivity index (χ0n) is 16.8. The zero-order chi connectivity index (χ0) is 22.6. The fourth-order valence-corrected chi connectivity index (χ4v) is 6.24. The smallest absolute Gasteiger partial charge is 0.235 e. The van der Waals surface area contributed by atoms with Crippen LogP contribution in [0.2, 0.25) is 0 Å². The molecule has 4 unspecified atom stereocenters. The molecule has 1 aliphatic carbocycles. The van der Waals surface area contributed by atoms with Crippen LogP contribution in [-0.2, 0) is 15.1 Å². The second-order valence-electron chi connectivity index (χ2n) is 7.95. The fraction of sp³-hybridized carbons (Fsp3) is 0.167. The van der Waals surface area contributed by atoms with Crippen molar-refractivity contribution < 1.29 is 14.3 Å². The number of carbonyl (C=O) groups is 2. The van der Waals surface area contributed by atoms with E-state index in [1.165, 1.54) is 11.8 Å². The van der Waals surface area contributed by atoms with E-state index >= 15 is 0 Å². The van der Waals surface area contributed by atoms with Gasteiger partial charge in [0.15, 0.2) is 5.78 Å². The average Bonchev–Trinajstić information content (AvgIpc) is 3.20. The number of ether oxygens (including phenoxy) is 1. The number of thioether (sulfide) groups is 1. The Hall–Kier alpha value is -2.84. The molecule has 0 bridgehead atoms. The highest BCUT2D eigenvalue weighted by Crippen LogP contribution is 2.56. The van der Waals surface area contributed by atoms with Gasteiger partial charge in [0, 0.05) is 16.5 Å². The molecule has 6 nitrogen and oxygen atoms in total. The lowest BCUT2D eigenvalue weighted by Gasteiger charge is -2.41. The average molecular weight is 466 g/mol. The van der Waals surface area contributed by atoms with Crippen molar-refractivity contribution in [3.05, 3.63) is 83.4 Å². The topological polar surface area (TPSA) is 121 Å². The third-order valence-corrected chi connectivity index (χ3v) is 7.96. The number of benzene rings is 3. The molecule has 32 heavy (non-hydrogen) atoms. The van der Waals surface area contributed by atoms with Gasteiger partial charge in [0.25, 0.3) is 0 Å². The van der Waals surface area contributed by atoms with Gasteiger partial charge in [-0.2, -0.15) is 0 Å². The van der Waals surface area contributed by atoms with Crippen LogP contribution < -0.4 is 21.9 Å². The van der Waals surface area contributed by atoms with Crippen LogP contribution >= 0.6 is 23.4 Å². The predicted octanol–water partition coefficient (Wildman–Crippen LogP) is 3.50. The Morgan fingerprint density at radius 1 is 1.00 bits per heavy atom. The third-order valence-electron chi connectivity index (χ3n) is 6.15. The number of rotatable bonds is 4. The number of Topliss-reactive ketones (excluding diaryl/α,β-unsaturated/α-hetero) is 1. The van der Waals surface area contributed by atoms with Crippen LogP contribution in [0.15, 0.2) is 71.6 Å². The summed E-state index contributed by atoms with van der Waals surface area (Å²) >= 11 is 7.10. The van der Waals surface area contributed by atoms with Gasteiger partial charge < -0.3 is 21.9 Å². The summed E-state index contributed by atoms with van der Waals surface area (Å²) in [6.45, 7) is 0. The summed E-state index contributed by atoms with van der Waals surface area (Å²) in [6.07, 6.45) is 0. The van der Waals surface area contributed by atoms with Crippen LogP contribution in [0.1, 0.15) is 22.6 Å². The number of halogens is 1. The lowest BCUT2D eigenvalue weighted by molar-refractivity contribution is -0.125. The van der Waals surface area contributed by atoms with Crippen LogP contribution in [0, 0.1) is 0 Å². The molecule has 1 heterocycles. The van der Waals surface area contributed by atoms with Crippen molar-refractivity contribution in [1.29, 1.82) is 0 Å². The number of nitrogen functional groups attached to an aromatic ring is 1. The molecule has 3 aromatic carbocycles. The van der Waals surface area contributed by atoms with E-state index in [-0.39, 0.29) is 5.78 Å². The van der Waals surface area contributed by atoms with Gasteiger partial charge in [0.05, 0.1) is 11.3 Å². The molecule has 2 aliphatic rings. The first-order chi connectivity index (χ1) is 15.3. The minimum atomic E-state index is -1.48. The molecule has 0 saturated carbocycles. The maximum atomic E-state index is 13.6. The quantitative estimate of drug-likeness (QED) is 0.398. The van der Waals surface area contributed by atoms with Crippen LogP contribution in [0.5, 0.6) is 11.5 Å². The Morgan fingerprint density at radius 2 is 1.66 bits per heavy atom. The second-order valence-corrected chi connectivity index (χ2v) is 9.48. The van der Waals surface area contributed by atoms with Gasteiger partial charge in [0.1, 0.15) is 17.0 Å². The highest BCUT2D eigenvalue weighted by atomic mass is 35.5. The van der Waals surface area contributed by atoms with Crippen LogP contribution in [0.3, 0.4) is 0 Å². The summed E-state index contributed by atoms with van der Waals surface area (Å²) in [5.74, 6) is 0.377. The van der Waals surface area contributed by atoms with E-state index in [9.17, 15) is 9.59 Å². The molecule has 0 aromatic heterocycles. The number of hydrogen-bond acceptors (Lipinski definition) is 7. The molecule has 5 rings (SSSR count). The fourth-order valence-electron chi connectivity index (χ4n) is 4.60. The van der Waals surface area contributed by atoms with E-state index < -0.39 is 28.0 Å². The Bertz CT molecular complexity index is 1240. The first kappa shape index (κ1) is 21.0. The van der Waals surface area contributed by atoms with E-state index in [2.05, 4.69) is 0 Å². The first-order valence-corrected chi connectivity index (χ1v) is 11.3. The highest BCUT2D eigenvalue weighted by molar-refractivity contribution is 8.01. The van der Waals surface area contributed by atoms with Crippen molar-refractivity contribution >= 4 is 40.1 Å². The van der Waals surface area contributed by atoms with Crippen molar-refractivity contribution in [2.24, 2.45) is 11.5 Å². The second kappa shape index (κ2) is 7.64. The van der Waals surface area contributed by atoms with Gasteiger partial charge in [-0.25, -0.2) is 0 Å². The lowest BCUT2D eigenvalue weighted by atomic mass is 9.65. The number of ketones is 1. The van der Waals surface area contributed by atoms with E-state index in [0.29, 0.717) is 33.2 Å². The van der Waals surface area contributed by atoms with Gasteiger partial charge in [-0.15, -0.1) is 11.8 Å². The van der Waals surface area contributed by atoms with Gasteiger partial charge in [-0.05, 0) is 58.6 Å². The van der Waals surface area contributed by atoms with Crippen molar-refractivity contribution in [2.45, 2.75) is 27.6 Å². The van der Waals surface area contributed by atoms with Crippen molar-refractivity contribution in [2.75, 3.05) is 5.73 Å². The van der Waals surface area contributed by atoms with Crippen molar-refractivity contribution in [1.82, 2.24) is 0 Å². The summed E-state index contributed by atoms with van der Waals surface area (Å²) in [7, 11) is 0. The number of nitrogens with two attached hydrogens (primary N) is 3. The Labute approximate surface area is 194 Å². The van der Waals surface area contributed by atoms with Crippen LogP contribution in [0.25, 0.3) is 0 Å². The summed E-state index contributed by atoms with van der Waals surface area (Å²) in [5, 5.41) is -1.24. The van der Waals surface area contributed by atoms with E-state index in [1.54, 1.807) is 36.4 Å². The summed E-state index contributed by atoms with van der Waals surface area (Å²) in [5.41, 5.74) is 20.3. The monoisotopic (exact) mass is 465 g/mol. The molecule has 162 valence electrons. The molecular formula is C24H20ClN3O3S. The molecule has 4 atom stereocenters. The number of anilines is 1. The predicted molar refractivity (Wildman–Crippen MR) is 125 cm³/mol. The summed E-state index contributed by atoms with van der Waals surface area (Å²) < 4.78 is 5.85. The van der Waals surface area contributed by atoms with Crippen LogP contribution in [0.4, 0.5) is 5.69 Å². The molecule has 6 N–H and O–H groups in total. The standard InChI is InChI=1S/C24H20ClN3O3S/c25-23(30)21-18-17-15(10-11-16(26)20(17)32-21)24(28,22(29)19(18)27)12-6-8-14(9-7-12)31-13-4-2-1-3-5-13/h1-11,18-19,21H,26-28H2. The molecule has 0 saturated heterocycles. The molecule has 0 radical (unpaired) electrons. The van der Waals surface area contributed by atoms with E-state index in [4.69, 9.17) is 33.5 Å². The molecule has 0 amide bonds. The van der Waals surface area contributed by atoms with Crippen molar-refractivity contribution in [3.8, 4) is 11.5 Å². The van der Waals surface area contributed by atoms with Gasteiger partial charge in [-0.3, -0.25) is 9.59 Å². The van der Waals surface area contributed by atoms with Crippen LogP contribution in [-0.4, -0.2) is 22.3 Å². The minimum absolute atomic E-state index is 0.368. The Morgan fingerprint density at radius 3 is 2.31 bits per heavy atom. The van der Waals surface area contributed by atoms with E-state index in [0.717, 1.165) is 5.56 Å². The molecular weight excluding hydrogens is 446 g/mol. The largest absolute Gasteiger partial charge is 0.457 e. The maximum absolute atomic E-state index is 13.6.